The number of carbonyl (C=O) groups is 2. The highest BCUT2D eigenvalue weighted by atomic mass is 16.2. The molecule has 0 spiro atoms. The Morgan fingerprint density at radius 1 is 1.36 bits per heavy atom. The van der Waals surface area contributed by atoms with E-state index in [0.717, 1.165) is 0 Å². The molecule has 0 aliphatic heterocycles. The van der Waals surface area contributed by atoms with Crippen molar-refractivity contribution in [1.82, 2.24) is 5.32 Å². The maximum absolute atomic E-state index is 11.5. The highest BCUT2D eigenvalue weighted by molar-refractivity contribution is 5.80. The Bertz CT molecular complexity index is 219. The summed E-state index contributed by atoms with van der Waals surface area (Å²) in [6.45, 7) is 8.22. The van der Waals surface area contributed by atoms with Gasteiger partial charge in [-0.1, -0.05) is 27.7 Å². The number of rotatable bonds is 4. The fourth-order valence-electron chi connectivity index (χ4n) is 0.855. The molecule has 14 heavy (non-hydrogen) atoms. The van der Waals surface area contributed by atoms with E-state index in [-0.39, 0.29) is 23.7 Å². The summed E-state index contributed by atoms with van der Waals surface area (Å²) in [7, 11) is 0. The van der Waals surface area contributed by atoms with Gasteiger partial charge < -0.3 is 11.1 Å². The van der Waals surface area contributed by atoms with Crippen LogP contribution in [0.1, 0.15) is 34.1 Å². The van der Waals surface area contributed by atoms with Gasteiger partial charge in [0, 0.05) is 18.9 Å². The average Bonchev–Trinajstić information content (AvgIpc) is 2.00. The molecule has 1 atom stereocenters. The summed E-state index contributed by atoms with van der Waals surface area (Å²) in [5.74, 6) is -0.497. The van der Waals surface area contributed by atoms with Crippen LogP contribution in [0.3, 0.4) is 0 Å². The summed E-state index contributed by atoms with van der Waals surface area (Å²) in [5.41, 5.74) is 4.89. The second kappa shape index (κ2) is 4.98. The molecule has 0 aromatic rings. The molecule has 3 N–H and O–H groups in total. The van der Waals surface area contributed by atoms with E-state index < -0.39 is 5.91 Å². The lowest BCUT2D eigenvalue weighted by molar-refractivity contribution is -0.127. The quantitative estimate of drug-likeness (QED) is 0.699. The van der Waals surface area contributed by atoms with E-state index in [2.05, 4.69) is 5.32 Å². The van der Waals surface area contributed by atoms with Gasteiger partial charge in [0.2, 0.25) is 11.8 Å². The van der Waals surface area contributed by atoms with E-state index in [0.29, 0.717) is 6.54 Å². The molecule has 2 amide bonds. The Morgan fingerprint density at radius 3 is 2.21 bits per heavy atom. The number of hydrogen-bond acceptors (Lipinski definition) is 2. The predicted molar refractivity (Wildman–Crippen MR) is 55.4 cm³/mol. The normalized spacial score (nSPS) is 13.4. The minimum atomic E-state index is -0.395. The zero-order valence-electron chi connectivity index (χ0n) is 9.39. The van der Waals surface area contributed by atoms with E-state index in [1.54, 1.807) is 0 Å². The van der Waals surface area contributed by atoms with Crippen LogP contribution in [0.25, 0.3) is 0 Å². The average molecular weight is 200 g/mol. The first-order valence-corrected chi connectivity index (χ1v) is 4.81. The summed E-state index contributed by atoms with van der Waals surface area (Å²) in [6.07, 6.45) is 0.197. The zero-order valence-corrected chi connectivity index (χ0v) is 9.39. The topological polar surface area (TPSA) is 72.2 Å². The van der Waals surface area contributed by atoms with Crippen molar-refractivity contribution in [3.8, 4) is 0 Å². The fraction of sp³-hybridized carbons (Fsp3) is 0.800. The van der Waals surface area contributed by atoms with Gasteiger partial charge in [-0.25, -0.2) is 0 Å². The summed E-state index contributed by atoms with van der Waals surface area (Å²) < 4.78 is 0. The van der Waals surface area contributed by atoms with Crippen molar-refractivity contribution in [3.05, 3.63) is 0 Å². The van der Waals surface area contributed by atoms with Gasteiger partial charge in [0.05, 0.1) is 0 Å². The van der Waals surface area contributed by atoms with E-state index >= 15 is 0 Å². The molecule has 0 saturated carbocycles. The van der Waals surface area contributed by atoms with Gasteiger partial charge >= 0.3 is 0 Å². The Kier molecular flexibility index (Phi) is 4.60. The molecule has 0 aliphatic carbocycles. The van der Waals surface area contributed by atoms with Crippen molar-refractivity contribution in [2.75, 3.05) is 6.54 Å². The Hall–Kier alpha value is -1.06. The van der Waals surface area contributed by atoms with Gasteiger partial charge in [0.15, 0.2) is 0 Å². The van der Waals surface area contributed by atoms with Crippen LogP contribution >= 0.6 is 0 Å². The maximum atomic E-state index is 11.5. The van der Waals surface area contributed by atoms with Gasteiger partial charge in [-0.2, -0.15) is 0 Å². The molecule has 0 radical (unpaired) electrons. The third-order valence-electron chi connectivity index (χ3n) is 2.36. The molecular formula is C10H20N2O2. The summed E-state index contributed by atoms with van der Waals surface area (Å²) in [4.78, 5) is 21.9. The standard InChI is InChI=1S/C10H20N2O2/c1-7(10(2,3)4)9(14)12-6-5-8(11)13/h7H,5-6H2,1-4H3,(H2,11,13)(H,12,14)/t7-/m1/s1. The van der Waals surface area contributed by atoms with Crippen molar-refractivity contribution in [2.24, 2.45) is 17.1 Å². The lowest BCUT2D eigenvalue weighted by Crippen LogP contribution is -2.37. The predicted octanol–water partition coefficient (Wildman–Crippen LogP) is 0.660. The lowest BCUT2D eigenvalue weighted by atomic mass is 9.81. The van der Waals surface area contributed by atoms with Crippen LogP contribution < -0.4 is 11.1 Å². The number of nitrogens with two attached hydrogens (primary N) is 1. The molecule has 0 fully saturated rings. The van der Waals surface area contributed by atoms with E-state index in [1.807, 2.05) is 27.7 Å². The first kappa shape index (κ1) is 12.9. The molecule has 0 bridgehead atoms. The maximum Gasteiger partial charge on any atom is 0.223 e. The van der Waals surface area contributed by atoms with Crippen molar-refractivity contribution in [3.63, 3.8) is 0 Å². The molecule has 4 heteroatoms. The highest BCUT2D eigenvalue weighted by Crippen LogP contribution is 2.24. The van der Waals surface area contributed by atoms with Gasteiger partial charge in [0.1, 0.15) is 0 Å². The molecule has 0 saturated heterocycles. The van der Waals surface area contributed by atoms with Crippen molar-refractivity contribution >= 4 is 11.8 Å². The van der Waals surface area contributed by atoms with Crippen LogP contribution in [0, 0.1) is 11.3 Å². The van der Waals surface area contributed by atoms with Gasteiger partial charge in [-0.3, -0.25) is 9.59 Å². The third kappa shape index (κ3) is 4.84. The van der Waals surface area contributed by atoms with E-state index in [1.165, 1.54) is 0 Å². The smallest absolute Gasteiger partial charge is 0.223 e. The van der Waals surface area contributed by atoms with Crippen LogP contribution in [0.15, 0.2) is 0 Å². The number of amides is 2. The monoisotopic (exact) mass is 200 g/mol. The SMILES string of the molecule is C[C@H](C(=O)NCCC(N)=O)C(C)(C)C. The Morgan fingerprint density at radius 2 is 1.86 bits per heavy atom. The summed E-state index contributed by atoms with van der Waals surface area (Å²) in [6, 6.07) is 0. The molecule has 82 valence electrons. The molecule has 0 aliphatic rings. The molecule has 0 rings (SSSR count). The summed E-state index contributed by atoms with van der Waals surface area (Å²) in [5, 5.41) is 2.68. The third-order valence-corrected chi connectivity index (χ3v) is 2.36. The summed E-state index contributed by atoms with van der Waals surface area (Å²) >= 11 is 0. The van der Waals surface area contributed by atoms with Crippen molar-refractivity contribution in [2.45, 2.75) is 34.1 Å². The molecule has 0 aromatic heterocycles. The number of carbonyl (C=O) groups excluding carboxylic acids is 2. The van der Waals surface area contributed by atoms with Gasteiger partial charge in [0.25, 0.3) is 0 Å². The number of nitrogens with one attached hydrogen (secondary N) is 1. The largest absolute Gasteiger partial charge is 0.370 e. The molecular weight excluding hydrogens is 180 g/mol. The Balaban J connectivity index is 3.91. The van der Waals surface area contributed by atoms with Crippen molar-refractivity contribution < 1.29 is 9.59 Å². The number of primary amides is 1. The van der Waals surface area contributed by atoms with Crippen LogP contribution in [-0.4, -0.2) is 18.4 Å². The number of hydrogen-bond donors (Lipinski definition) is 2. The van der Waals surface area contributed by atoms with Crippen LogP contribution in [0.5, 0.6) is 0 Å². The Labute approximate surface area is 85.2 Å². The second-order valence-electron chi connectivity index (χ2n) is 4.60. The van der Waals surface area contributed by atoms with Crippen LogP contribution in [-0.2, 0) is 9.59 Å². The van der Waals surface area contributed by atoms with Gasteiger partial charge in [-0.05, 0) is 5.41 Å². The first-order chi connectivity index (χ1) is 6.25. The molecule has 0 heterocycles. The lowest BCUT2D eigenvalue weighted by Gasteiger charge is -2.25. The molecule has 4 nitrogen and oxygen atoms in total. The minimum Gasteiger partial charge on any atom is -0.370 e. The zero-order chi connectivity index (χ0) is 11.4. The minimum absolute atomic E-state index is 0.0289. The van der Waals surface area contributed by atoms with Crippen LogP contribution in [0.4, 0.5) is 0 Å². The molecule has 0 unspecified atom stereocenters. The van der Waals surface area contributed by atoms with Crippen molar-refractivity contribution in [1.29, 1.82) is 0 Å². The van der Waals surface area contributed by atoms with E-state index in [9.17, 15) is 9.59 Å². The van der Waals surface area contributed by atoms with E-state index in [4.69, 9.17) is 5.73 Å². The molecule has 0 aromatic carbocycles. The van der Waals surface area contributed by atoms with Gasteiger partial charge in [-0.15, -0.1) is 0 Å². The highest BCUT2D eigenvalue weighted by Gasteiger charge is 2.26. The second-order valence-corrected chi connectivity index (χ2v) is 4.60. The fourth-order valence-corrected chi connectivity index (χ4v) is 0.855. The first-order valence-electron chi connectivity index (χ1n) is 4.81. The van der Waals surface area contributed by atoms with Crippen LogP contribution in [0.2, 0.25) is 0 Å².